The van der Waals surface area contributed by atoms with Crippen LogP contribution in [0.4, 0.5) is 11.4 Å². The summed E-state index contributed by atoms with van der Waals surface area (Å²) in [5.41, 5.74) is 6.61. The molecule has 0 saturated carbocycles. The predicted molar refractivity (Wildman–Crippen MR) is 69.8 cm³/mol. The summed E-state index contributed by atoms with van der Waals surface area (Å²) in [6, 6.07) is 6.43. The highest BCUT2D eigenvalue weighted by molar-refractivity contribution is 7.89. The fraction of sp³-hybridized carbons (Fsp3) is 0.364. The summed E-state index contributed by atoms with van der Waals surface area (Å²) in [5.74, 6) is 0. The van der Waals surface area contributed by atoms with Crippen LogP contribution in [0.1, 0.15) is 0 Å². The Bertz CT molecular complexity index is 623. The van der Waals surface area contributed by atoms with E-state index in [0.717, 1.165) is 0 Å². The van der Waals surface area contributed by atoms with Gasteiger partial charge in [-0.2, -0.15) is 5.26 Å². The molecule has 1 saturated heterocycles. The number of nitriles is 1. The summed E-state index contributed by atoms with van der Waals surface area (Å²) in [7, 11) is -3.81. The van der Waals surface area contributed by atoms with Crippen LogP contribution in [0.3, 0.4) is 0 Å². The Morgan fingerprint density at radius 3 is 2.79 bits per heavy atom. The molecule has 0 spiro atoms. The monoisotopic (exact) mass is 282 g/mol. The van der Waals surface area contributed by atoms with Gasteiger partial charge in [0.2, 0.25) is 10.0 Å². The summed E-state index contributed by atoms with van der Waals surface area (Å²) in [5, 5.41) is 14.0. The topological polar surface area (TPSA) is 122 Å². The molecule has 0 aliphatic carbocycles. The maximum Gasteiger partial charge on any atom is 0.238 e. The number of anilines is 2. The lowest BCUT2D eigenvalue weighted by Crippen LogP contribution is -2.41. The lowest BCUT2D eigenvalue weighted by Gasteiger charge is -2.31. The van der Waals surface area contributed by atoms with Crippen molar-refractivity contribution in [2.24, 2.45) is 5.14 Å². The van der Waals surface area contributed by atoms with Gasteiger partial charge in [0.05, 0.1) is 24.1 Å². The molecule has 1 fully saturated rings. The Kier molecular flexibility index (Phi) is 3.61. The van der Waals surface area contributed by atoms with E-state index in [4.69, 9.17) is 20.9 Å². The van der Waals surface area contributed by atoms with Crippen LogP contribution in [0.2, 0.25) is 0 Å². The van der Waals surface area contributed by atoms with E-state index in [1.807, 2.05) is 11.0 Å². The highest BCUT2D eigenvalue weighted by Crippen LogP contribution is 2.24. The average molecular weight is 282 g/mol. The second-order valence-corrected chi connectivity index (χ2v) is 5.80. The molecular weight excluding hydrogens is 268 g/mol. The molecule has 8 heteroatoms. The molecule has 0 amide bonds. The minimum absolute atomic E-state index is 0.0394. The van der Waals surface area contributed by atoms with Gasteiger partial charge in [0.15, 0.2) is 6.10 Å². The number of hydrogen-bond donors (Lipinski definition) is 2. The fourth-order valence-corrected chi connectivity index (χ4v) is 2.50. The molecule has 0 bridgehead atoms. The van der Waals surface area contributed by atoms with E-state index in [1.54, 1.807) is 6.07 Å². The second-order valence-electron chi connectivity index (χ2n) is 4.24. The van der Waals surface area contributed by atoms with Gasteiger partial charge < -0.3 is 15.4 Å². The first-order valence-corrected chi connectivity index (χ1v) is 7.14. The van der Waals surface area contributed by atoms with Crippen molar-refractivity contribution in [3.05, 3.63) is 18.2 Å². The SMILES string of the molecule is N#CC1CN(c2cc(N)cc(S(N)(=O)=O)c2)CCO1. The number of nitrogens with zero attached hydrogens (tertiary/aromatic N) is 2. The van der Waals surface area contributed by atoms with Gasteiger partial charge in [-0.15, -0.1) is 0 Å². The third-order valence-corrected chi connectivity index (χ3v) is 3.71. The number of primary sulfonamides is 1. The molecule has 2 rings (SSSR count). The smallest absolute Gasteiger partial charge is 0.238 e. The summed E-state index contributed by atoms with van der Waals surface area (Å²) in [4.78, 5) is 1.81. The molecule has 7 nitrogen and oxygen atoms in total. The van der Waals surface area contributed by atoms with Crippen LogP contribution in [-0.2, 0) is 14.8 Å². The Morgan fingerprint density at radius 1 is 1.42 bits per heavy atom. The number of rotatable bonds is 2. The summed E-state index contributed by atoms with van der Waals surface area (Å²) >= 11 is 0. The van der Waals surface area contributed by atoms with Crippen molar-refractivity contribution in [2.75, 3.05) is 30.3 Å². The van der Waals surface area contributed by atoms with E-state index in [9.17, 15) is 8.42 Å². The molecule has 102 valence electrons. The zero-order valence-corrected chi connectivity index (χ0v) is 10.9. The maximum atomic E-state index is 11.4. The van der Waals surface area contributed by atoms with Crippen molar-refractivity contribution in [2.45, 2.75) is 11.0 Å². The minimum atomic E-state index is -3.81. The number of nitrogen functional groups attached to an aromatic ring is 1. The van der Waals surface area contributed by atoms with E-state index in [0.29, 0.717) is 31.1 Å². The van der Waals surface area contributed by atoms with Crippen molar-refractivity contribution in [1.82, 2.24) is 0 Å². The molecule has 1 aromatic rings. The standard InChI is InChI=1S/C11H14N4O3S/c12-6-10-7-15(1-2-18-10)9-3-8(13)4-11(5-9)19(14,16)17/h3-5,10H,1-2,7,13H2,(H2,14,16,17). The van der Waals surface area contributed by atoms with Gasteiger partial charge >= 0.3 is 0 Å². The van der Waals surface area contributed by atoms with Crippen LogP contribution in [0.25, 0.3) is 0 Å². The first kappa shape index (κ1) is 13.6. The third kappa shape index (κ3) is 3.14. The lowest BCUT2D eigenvalue weighted by atomic mass is 10.2. The van der Waals surface area contributed by atoms with Gasteiger partial charge in [0.25, 0.3) is 0 Å². The Hall–Kier alpha value is -1.82. The van der Waals surface area contributed by atoms with Crippen LogP contribution < -0.4 is 15.8 Å². The molecule has 1 aromatic carbocycles. The fourth-order valence-electron chi connectivity index (χ4n) is 1.91. The van der Waals surface area contributed by atoms with Crippen LogP contribution >= 0.6 is 0 Å². The van der Waals surface area contributed by atoms with Crippen molar-refractivity contribution in [3.8, 4) is 6.07 Å². The number of benzene rings is 1. The van der Waals surface area contributed by atoms with E-state index in [-0.39, 0.29) is 4.90 Å². The average Bonchev–Trinajstić information content (AvgIpc) is 2.37. The molecule has 19 heavy (non-hydrogen) atoms. The van der Waals surface area contributed by atoms with Gasteiger partial charge in [0.1, 0.15) is 0 Å². The van der Waals surface area contributed by atoms with Gasteiger partial charge in [-0.1, -0.05) is 0 Å². The Labute approximate surface area is 111 Å². The van der Waals surface area contributed by atoms with Gasteiger partial charge in [0, 0.05) is 17.9 Å². The lowest BCUT2D eigenvalue weighted by molar-refractivity contribution is 0.0764. The second kappa shape index (κ2) is 5.05. The number of hydrogen-bond acceptors (Lipinski definition) is 6. The molecule has 1 heterocycles. The summed E-state index contributed by atoms with van der Waals surface area (Å²) in [6.07, 6.45) is -0.534. The number of ether oxygens (including phenoxy) is 1. The van der Waals surface area contributed by atoms with Crippen molar-refractivity contribution < 1.29 is 13.2 Å². The molecule has 1 aliphatic heterocycles. The largest absolute Gasteiger partial charge is 0.399 e. The summed E-state index contributed by atoms with van der Waals surface area (Å²) in [6.45, 7) is 1.33. The minimum Gasteiger partial charge on any atom is -0.399 e. The van der Waals surface area contributed by atoms with Gasteiger partial charge in [-0.3, -0.25) is 0 Å². The number of sulfonamides is 1. The summed E-state index contributed by atoms with van der Waals surface area (Å²) < 4.78 is 28.0. The van der Waals surface area contributed by atoms with Crippen LogP contribution in [-0.4, -0.2) is 34.2 Å². The van der Waals surface area contributed by atoms with E-state index in [2.05, 4.69) is 0 Å². The Balaban J connectivity index is 2.35. The van der Waals surface area contributed by atoms with E-state index < -0.39 is 16.1 Å². The Morgan fingerprint density at radius 2 is 2.16 bits per heavy atom. The number of nitrogens with two attached hydrogens (primary N) is 2. The van der Waals surface area contributed by atoms with Crippen molar-refractivity contribution in [3.63, 3.8) is 0 Å². The molecular formula is C11H14N4O3S. The first-order valence-electron chi connectivity index (χ1n) is 5.59. The third-order valence-electron chi connectivity index (χ3n) is 2.82. The molecule has 4 N–H and O–H groups in total. The van der Waals surface area contributed by atoms with Gasteiger partial charge in [-0.05, 0) is 18.2 Å². The number of morpholine rings is 1. The molecule has 1 atom stereocenters. The van der Waals surface area contributed by atoms with Crippen molar-refractivity contribution >= 4 is 21.4 Å². The molecule has 1 unspecified atom stereocenters. The van der Waals surface area contributed by atoms with Gasteiger partial charge in [-0.25, -0.2) is 13.6 Å². The van der Waals surface area contributed by atoms with E-state index in [1.165, 1.54) is 12.1 Å². The predicted octanol–water partition coefficient (Wildman–Crippen LogP) is -0.355. The molecule has 0 aromatic heterocycles. The maximum absolute atomic E-state index is 11.4. The molecule has 0 radical (unpaired) electrons. The van der Waals surface area contributed by atoms with Crippen LogP contribution in [0, 0.1) is 11.3 Å². The van der Waals surface area contributed by atoms with E-state index >= 15 is 0 Å². The van der Waals surface area contributed by atoms with Crippen LogP contribution in [0.5, 0.6) is 0 Å². The first-order chi connectivity index (χ1) is 8.90. The highest BCUT2D eigenvalue weighted by atomic mass is 32.2. The quantitative estimate of drug-likeness (QED) is 0.714. The van der Waals surface area contributed by atoms with Crippen LogP contribution in [0.15, 0.2) is 23.1 Å². The molecule has 1 aliphatic rings. The zero-order chi connectivity index (χ0) is 14.0. The highest BCUT2D eigenvalue weighted by Gasteiger charge is 2.21. The zero-order valence-electron chi connectivity index (χ0n) is 10.1. The van der Waals surface area contributed by atoms with Crippen molar-refractivity contribution in [1.29, 1.82) is 5.26 Å². The normalized spacial score (nSPS) is 20.0.